The zero-order valence-corrected chi connectivity index (χ0v) is 12.2. The molecule has 2 aromatic rings. The van der Waals surface area contributed by atoms with Gasteiger partial charge in [-0.05, 0) is 28.7 Å². The van der Waals surface area contributed by atoms with Crippen LogP contribution in [0.25, 0.3) is 11.1 Å². The van der Waals surface area contributed by atoms with E-state index in [0.29, 0.717) is 0 Å². The average molecular weight is 314 g/mol. The molecule has 6 heteroatoms. The molecule has 6 nitrogen and oxygen atoms in total. The Morgan fingerprint density at radius 3 is 1.65 bits per heavy atom. The van der Waals surface area contributed by atoms with Crippen molar-refractivity contribution in [1.82, 2.24) is 0 Å². The molecule has 0 aromatic heterocycles. The lowest BCUT2D eigenvalue weighted by Crippen LogP contribution is -2.04. The van der Waals surface area contributed by atoms with E-state index in [2.05, 4.69) is 12.1 Å². The van der Waals surface area contributed by atoms with Crippen LogP contribution in [0.1, 0.15) is 34.8 Å². The minimum atomic E-state index is -0.523. The Morgan fingerprint density at radius 2 is 1.22 bits per heavy atom. The van der Waals surface area contributed by atoms with Gasteiger partial charge in [-0.2, -0.15) is 9.78 Å². The van der Waals surface area contributed by atoms with Crippen molar-refractivity contribution < 1.29 is 29.0 Å². The zero-order chi connectivity index (χ0) is 15.2. The van der Waals surface area contributed by atoms with Crippen LogP contribution < -0.4 is 0 Å². The maximum absolute atomic E-state index is 5.51. The smallest absolute Gasteiger partial charge is 0.220 e. The van der Waals surface area contributed by atoms with Gasteiger partial charge in [-0.15, -0.1) is 0 Å². The average Bonchev–Trinajstić information content (AvgIpc) is 3.32. The van der Waals surface area contributed by atoms with Crippen molar-refractivity contribution in [3.63, 3.8) is 0 Å². The lowest BCUT2D eigenvalue weighted by Gasteiger charge is -2.17. The van der Waals surface area contributed by atoms with Crippen molar-refractivity contribution >= 4 is 0 Å². The SMILES string of the molecule is c1cc2c(c(C3OCOO3)c1)-c1c(cccc1C1OCOO1)C2. The first kappa shape index (κ1) is 13.6. The van der Waals surface area contributed by atoms with Crippen LogP contribution in [0.3, 0.4) is 0 Å². The predicted octanol–water partition coefficient (Wildman–Crippen LogP) is 3.13. The molecule has 2 saturated heterocycles. The van der Waals surface area contributed by atoms with Gasteiger partial charge in [0, 0.05) is 11.1 Å². The van der Waals surface area contributed by atoms with Gasteiger partial charge in [0.1, 0.15) is 0 Å². The van der Waals surface area contributed by atoms with E-state index < -0.39 is 12.6 Å². The molecule has 1 aliphatic carbocycles. The standard InChI is InChI=1S/C17H14O6/c1-3-10-7-11-4-2-6-13(17-19-9-21-23-17)15(11)14(10)12(5-1)16-18-8-20-22-16/h1-6,16-17H,7-9H2. The van der Waals surface area contributed by atoms with Crippen LogP contribution in [0.15, 0.2) is 36.4 Å². The lowest BCUT2D eigenvalue weighted by molar-refractivity contribution is -0.279. The van der Waals surface area contributed by atoms with Gasteiger partial charge in [0.2, 0.25) is 12.6 Å². The molecule has 23 heavy (non-hydrogen) atoms. The van der Waals surface area contributed by atoms with Gasteiger partial charge in [0.25, 0.3) is 0 Å². The van der Waals surface area contributed by atoms with Gasteiger partial charge < -0.3 is 9.47 Å². The van der Waals surface area contributed by atoms with Gasteiger partial charge in [-0.25, -0.2) is 9.78 Å². The molecule has 2 aromatic carbocycles. The summed E-state index contributed by atoms with van der Waals surface area (Å²) in [5, 5.41) is 0. The van der Waals surface area contributed by atoms with Crippen LogP contribution >= 0.6 is 0 Å². The first-order valence-electron chi connectivity index (χ1n) is 7.45. The second-order valence-corrected chi connectivity index (χ2v) is 5.60. The largest absolute Gasteiger partial charge is 0.316 e. The molecule has 2 atom stereocenters. The number of rotatable bonds is 2. The maximum atomic E-state index is 5.51. The number of hydrogen-bond donors (Lipinski definition) is 0. The summed E-state index contributed by atoms with van der Waals surface area (Å²) in [7, 11) is 0. The Morgan fingerprint density at radius 1 is 0.696 bits per heavy atom. The molecule has 0 amide bonds. The molecule has 5 rings (SSSR count). The number of benzene rings is 2. The molecule has 118 valence electrons. The summed E-state index contributed by atoms with van der Waals surface area (Å²) < 4.78 is 11.0. The Balaban J connectivity index is 1.69. The van der Waals surface area contributed by atoms with E-state index in [4.69, 9.17) is 29.0 Å². The molecule has 2 unspecified atom stereocenters. The Labute approximate surface area is 132 Å². The van der Waals surface area contributed by atoms with Crippen molar-refractivity contribution in [3.05, 3.63) is 58.7 Å². The molecule has 0 N–H and O–H groups in total. The topological polar surface area (TPSA) is 55.4 Å². The highest BCUT2D eigenvalue weighted by molar-refractivity contribution is 5.82. The zero-order valence-electron chi connectivity index (χ0n) is 12.2. The minimum Gasteiger partial charge on any atom is -0.316 e. The van der Waals surface area contributed by atoms with Gasteiger partial charge >= 0.3 is 0 Å². The third-order valence-electron chi connectivity index (χ3n) is 4.35. The third kappa shape index (κ3) is 2.12. The molecule has 2 heterocycles. The lowest BCUT2D eigenvalue weighted by atomic mass is 9.95. The van der Waals surface area contributed by atoms with Crippen molar-refractivity contribution in [3.8, 4) is 11.1 Å². The van der Waals surface area contributed by atoms with Crippen LogP contribution in [0.2, 0.25) is 0 Å². The van der Waals surface area contributed by atoms with E-state index in [1.807, 2.05) is 24.3 Å². The fourth-order valence-corrected chi connectivity index (χ4v) is 3.44. The fourth-order valence-electron chi connectivity index (χ4n) is 3.44. The van der Waals surface area contributed by atoms with E-state index in [0.717, 1.165) is 28.7 Å². The molecule has 0 radical (unpaired) electrons. The quantitative estimate of drug-likeness (QED) is 0.677. The highest BCUT2D eigenvalue weighted by Gasteiger charge is 2.33. The monoisotopic (exact) mass is 314 g/mol. The normalized spacial score (nSPS) is 25.6. The van der Waals surface area contributed by atoms with Gasteiger partial charge in [-0.1, -0.05) is 36.4 Å². The Kier molecular flexibility index (Phi) is 3.19. The van der Waals surface area contributed by atoms with E-state index >= 15 is 0 Å². The molecule has 0 saturated carbocycles. The predicted molar refractivity (Wildman–Crippen MR) is 76.4 cm³/mol. The van der Waals surface area contributed by atoms with E-state index in [-0.39, 0.29) is 13.6 Å². The summed E-state index contributed by atoms with van der Waals surface area (Å²) in [6.45, 7) is 0.261. The molecule has 0 bridgehead atoms. The highest BCUT2D eigenvalue weighted by Crippen LogP contribution is 2.46. The summed E-state index contributed by atoms with van der Waals surface area (Å²) in [4.78, 5) is 20.3. The third-order valence-corrected chi connectivity index (χ3v) is 4.35. The van der Waals surface area contributed by atoms with Gasteiger partial charge in [0.15, 0.2) is 13.6 Å². The van der Waals surface area contributed by atoms with E-state index in [9.17, 15) is 0 Å². The summed E-state index contributed by atoms with van der Waals surface area (Å²) in [6, 6.07) is 12.2. The second kappa shape index (κ2) is 5.38. The highest BCUT2D eigenvalue weighted by atomic mass is 17.3. The van der Waals surface area contributed by atoms with Crippen molar-refractivity contribution in [2.45, 2.75) is 19.0 Å². The fraction of sp³-hybridized carbons (Fsp3) is 0.294. The summed E-state index contributed by atoms with van der Waals surface area (Å²) >= 11 is 0. The second-order valence-electron chi connectivity index (χ2n) is 5.60. The maximum Gasteiger partial charge on any atom is 0.220 e. The van der Waals surface area contributed by atoms with Crippen molar-refractivity contribution in [1.29, 1.82) is 0 Å². The first-order chi connectivity index (χ1) is 11.4. The molecular weight excluding hydrogens is 300 g/mol. The Bertz CT molecular complexity index is 683. The van der Waals surface area contributed by atoms with Crippen molar-refractivity contribution in [2.24, 2.45) is 0 Å². The number of hydrogen-bond acceptors (Lipinski definition) is 6. The summed E-state index contributed by atoms with van der Waals surface area (Å²) in [5.74, 6) is 0. The van der Waals surface area contributed by atoms with E-state index in [1.54, 1.807) is 0 Å². The minimum absolute atomic E-state index is 0.130. The van der Waals surface area contributed by atoms with Crippen LogP contribution in [-0.2, 0) is 35.4 Å². The molecular formula is C17H14O6. The van der Waals surface area contributed by atoms with Crippen molar-refractivity contribution in [2.75, 3.05) is 13.6 Å². The van der Waals surface area contributed by atoms with Crippen LogP contribution in [-0.4, -0.2) is 13.6 Å². The van der Waals surface area contributed by atoms with Gasteiger partial charge in [0.05, 0.1) is 0 Å². The van der Waals surface area contributed by atoms with Gasteiger partial charge in [-0.3, -0.25) is 0 Å². The molecule has 2 fully saturated rings. The molecule has 3 aliphatic rings. The Hall–Kier alpha value is -1.80. The first-order valence-corrected chi connectivity index (χ1v) is 7.45. The molecule has 0 spiro atoms. The van der Waals surface area contributed by atoms with Crippen LogP contribution in [0.5, 0.6) is 0 Å². The number of ether oxygens (including phenoxy) is 2. The van der Waals surface area contributed by atoms with Crippen LogP contribution in [0.4, 0.5) is 0 Å². The van der Waals surface area contributed by atoms with E-state index in [1.165, 1.54) is 11.1 Å². The number of fused-ring (bicyclic) bond motifs is 3. The molecule has 2 aliphatic heterocycles. The summed E-state index contributed by atoms with van der Waals surface area (Å²) in [5.41, 5.74) is 6.56. The van der Waals surface area contributed by atoms with Crippen LogP contribution in [0, 0.1) is 0 Å². The summed E-state index contributed by atoms with van der Waals surface area (Å²) in [6.07, 6.45) is -0.190.